The van der Waals surface area contributed by atoms with E-state index in [0.29, 0.717) is 18.8 Å². The molecule has 2 heterocycles. The largest absolute Gasteiger partial charge is 0.379 e. The Morgan fingerprint density at radius 2 is 2.00 bits per heavy atom. The summed E-state index contributed by atoms with van der Waals surface area (Å²) in [6, 6.07) is 15.8. The Kier molecular flexibility index (Phi) is 4.81. The molecular formula is C18H20N2O2. The van der Waals surface area contributed by atoms with Crippen molar-refractivity contribution >= 4 is 5.91 Å². The number of rotatable bonds is 5. The highest BCUT2D eigenvalue weighted by Crippen LogP contribution is 2.16. The highest BCUT2D eigenvalue weighted by atomic mass is 16.5. The minimum absolute atomic E-state index is 0.00738. The van der Waals surface area contributed by atoms with Gasteiger partial charge in [0.15, 0.2) is 0 Å². The van der Waals surface area contributed by atoms with Gasteiger partial charge in [-0.25, -0.2) is 0 Å². The van der Waals surface area contributed by atoms with Crippen LogP contribution < -0.4 is 0 Å². The zero-order chi connectivity index (χ0) is 15.2. The van der Waals surface area contributed by atoms with Crippen LogP contribution in [0.5, 0.6) is 0 Å². The average molecular weight is 296 g/mol. The van der Waals surface area contributed by atoms with E-state index in [0.717, 1.165) is 19.4 Å². The third-order valence-electron chi connectivity index (χ3n) is 3.98. The molecule has 0 bridgehead atoms. The first kappa shape index (κ1) is 14.7. The third kappa shape index (κ3) is 3.52. The quantitative estimate of drug-likeness (QED) is 0.851. The fraction of sp³-hybridized carbons (Fsp3) is 0.333. The van der Waals surface area contributed by atoms with E-state index in [9.17, 15) is 4.79 Å². The molecule has 22 heavy (non-hydrogen) atoms. The van der Waals surface area contributed by atoms with E-state index in [1.165, 1.54) is 5.56 Å². The molecule has 1 aliphatic rings. The van der Waals surface area contributed by atoms with Crippen LogP contribution in [0.15, 0.2) is 54.7 Å². The Bertz CT molecular complexity index is 595. The Morgan fingerprint density at radius 1 is 1.18 bits per heavy atom. The normalized spacial score (nSPS) is 17.4. The molecule has 3 rings (SSSR count). The second-order valence-corrected chi connectivity index (χ2v) is 5.47. The van der Waals surface area contributed by atoms with Gasteiger partial charge >= 0.3 is 0 Å². The Hall–Kier alpha value is -2.20. The van der Waals surface area contributed by atoms with E-state index < -0.39 is 0 Å². The number of ether oxygens (including phenoxy) is 1. The zero-order valence-electron chi connectivity index (χ0n) is 12.5. The minimum Gasteiger partial charge on any atom is -0.379 e. The molecule has 1 saturated heterocycles. The molecule has 4 nitrogen and oxygen atoms in total. The lowest BCUT2D eigenvalue weighted by Gasteiger charge is -2.28. The van der Waals surface area contributed by atoms with Crippen molar-refractivity contribution in [1.29, 1.82) is 0 Å². The number of pyridine rings is 1. The summed E-state index contributed by atoms with van der Waals surface area (Å²) in [5.41, 5.74) is 1.74. The van der Waals surface area contributed by atoms with Crippen LogP contribution in [-0.2, 0) is 11.2 Å². The topological polar surface area (TPSA) is 42.4 Å². The van der Waals surface area contributed by atoms with Gasteiger partial charge in [-0.1, -0.05) is 36.4 Å². The second kappa shape index (κ2) is 7.18. The van der Waals surface area contributed by atoms with E-state index in [1.807, 2.05) is 35.2 Å². The molecule has 114 valence electrons. The number of carbonyl (C=O) groups is 1. The molecule has 0 saturated carbocycles. The first-order chi connectivity index (χ1) is 10.8. The molecule has 0 spiro atoms. The van der Waals surface area contributed by atoms with Crippen molar-refractivity contribution < 1.29 is 9.53 Å². The minimum atomic E-state index is -0.00738. The molecule has 0 radical (unpaired) electrons. The lowest BCUT2D eigenvalue weighted by atomic mass is 10.1. The van der Waals surface area contributed by atoms with Crippen molar-refractivity contribution in [3.63, 3.8) is 0 Å². The summed E-state index contributed by atoms with van der Waals surface area (Å²) in [7, 11) is 0. The first-order valence-electron chi connectivity index (χ1n) is 7.68. The summed E-state index contributed by atoms with van der Waals surface area (Å²) in [6.45, 7) is 2.03. The summed E-state index contributed by atoms with van der Waals surface area (Å²) < 4.78 is 5.46. The fourth-order valence-corrected chi connectivity index (χ4v) is 2.75. The van der Waals surface area contributed by atoms with Crippen molar-refractivity contribution in [3.8, 4) is 0 Å². The number of carbonyl (C=O) groups excluding carboxylic acids is 1. The lowest BCUT2D eigenvalue weighted by molar-refractivity contribution is 0.0650. The Morgan fingerprint density at radius 3 is 2.68 bits per heavy atom. The van der Waals surface area contributed by atoms with E-state index >= 15 is 0 Å². The molecule has 1 aromatic heterocycles. The number of benzene rings is 1. The van der Waals surface area contributed by atoms with Crippen molar-refractivity contribution in [3.05, 3.63) is 66.0 Å². The summed E-state index contributed by atoms with van der Waals surface area (Å²) in [5.74, 6) is -0.00738. The zero-order valence-corrected chi connectivity index (χ0v) is 12.5. The number of hydrogen-bond acceptors (Lipinski definition) is 3. The van der Waals surface area contributed by atoms with Crippen LogP contribution in [0.25, 0.3) is 0 Å². The van der Waals surface area contributed by atoms with Crippen LogP contribution in [0.2, 0.25) is 0 Å². The molecule has 0 aliphatic carbocycles. The van der Waals surface area contributed by atoms with Crippen LogP contribution in [0.1, 0.15) is 22.5 Å². The number of aromatic nitrogens is 1. The molecule has 1 aliphatic heterocycles. The maximum Gasteiger partial charge on any atom is 0.272 e. The predicted octanol–water partition coefficient (Wildman–Crippen LogP) is 2.56. The summed E-state index contributed by atoms with van der Waals surface area (Å²) in [6.07, 6.45) is 3.40. The maximum atomic E-state index is 12.8. The van der Waals surface area contributed by atoms with Gasteiger partial charge < -0.3 is 9.64 Å². The number of amides is 1. The van der Waals surface area contributed by atoms with Gasteiger partial charge in [0.05, 0.1) is 12.6 Å². The smallest absolute Gasteiger partial charge is 0.272 e. The van der Waals surface area contributed by atoms with Gasteiger partial charge in [0, 0.05) is 19.3 Å². The second-order valence-electron chi connectivity index (χ2n) is 5.47. The van der Waals surface area contributed by atoms with Crippen LogP contribution >= 0.6 is 0 Å². The Labute approximate surface area is 130 Å². The van der Waals surface area contributed by atoms with E-state index in [4.69, 9.17) is 4.74 Å². The monoisotopic (exact) mass is 296 g/mol. The molecule has 0 N–H and O–H groups in total. The SMILES string of the molecule is O=C(c1ccccn1)N(CCc1ccccc1)[C@H]1CCOC1. The van der Waals surface area contributed by atoms with E-state index in [2.05, 4.69) is 17.1 Å². The van der Waals surface area contributed by atoms with Crippen LogP contribution in [-0.4, -0.2) is 41.6 Å². The van der Waals surface area contributed by atoms with Gasteiger partial charge in [-0.05, 0) is 30.5 Å². The molecule has 1 aromatic carbocycles. The molecular weight excluding hydrogens is 276 g/mol. The van der Waals surface area contributed by atoms with Gasteiger partial charge in [-0.2, -0.15) is 0 Å². The van der Waals surface area contributed by atoms with Crippen LogP contribution in [0, 0.1) is 0 Å². The third-order valence-corrected chi connectivity index (χ3v) is 3.98. The van der Waals surface area contributed by atoms with Gasteiger partial charge in [-0.3, -0.25) is 9.78 Å². The number of hydrogen-bond donors (Lipinski definition) is 0. The van der Waals surface area contributed by atoms with Crippen LogP contribution in [0.3, 0.4) is 0 Å². The van der Waals surface area contributed by atoms with Crippen molar-refractivity contribution in [2.75, 3.05) is 19.8 Å². The first-order valence-corrected chi connectivity index (χ1v) is 7.68. The molecule has 1 atom stereocenters. The number of nitrogens with zero attached hydrogens (tertiary/aromatic N) is 2. The lowest BCUT2D eigenvalue weighted by Crippen LogP contribution is -2.42. The molecule has 0 unspecified atom stereocenters. The average Bonchev–Trinajstić information content (AvgIpc) is 3.11. The van der Waals surface area contributed by atoms with Gasteiger partial charge in [0.25, 0.3) is 5.91 Å². The summed E-state index contributed by atoms with van der Waals surface area (Å²) >= 11 is 0. The highest BCUT2D eigenvalue weighted by molar-refractivity contribution is 5.92. The van der Waals surface area contributed by atoms with Crippen molar-refractivity contribution in [1.82, 2.24) is 9.88 Å². The fourth-order valence-electron chi connectivity index (χ4n) is 2.75. The van der Waals surface area contributed by atoms with E-state index in [-0.39, 0.29) is 11.9 Å². The van der Waals surface area contributed by atoms with Crippen molar-refractivity contribution in [2.24, 2.45) is 0 Å². The van der Waals surface area contributed by atoms with Gasteiger partial charge in [0.2, 0.25) is 0 Å². The molecule has 1 fully saturated rings. The summed E-state index contributed by atoms with van der Waals surface area (Å²) in [4.78, 5) is 18.9. The predicted molar refractivity (Wildman–Crippen MR) is 84.6 cm³/mol. The van der Waals surface area contributed by atoms with Crippen molar-refractivity contribution in [2.45, 2.75) is 18.9 Å². The molecule has 2 aromatic rings. The maximum absolute atomic E-state index is 12.8. The highest BCUT2D eigenvalue weighted by Gasteiger charge is 2.28. The Balaban J connectivity index is 1.73. The van der Waals surface area contributed by atoms with E-state index in [1.54, 1.807) is 12.3 Å². The molecule has 1 amide bonds. The summed E-state index contributed by atoms with van der Waals surface area (Å²) in [5, 5.41) is 0. The standard InChI is InChI=1S/C18H20N2O2/c21-18(17-8-4-5-11-19-17)20(16-10-13-22-14-16)12-9-15-6-2-1-3-7-15/h1-8,11,16H,9-10,12-14H2/t16-/m0/s1. The van der Waals surface area contributed by atoms with Gasteiger partial charge in [0.1, 0.15) is 5.69 Å². The van der Waals surface area contributed by atoms with Gasteiger partial charge in [-0.15, -0.1) is 0 Å². The molecule has 4 heteroatoms. The van der Waals surface area contributed by atoms with Crippen LogP contribution in [0.4, 0.5) is 0 Å².